The Labute approximate surface area is 175 Å². The van der Waals surface area contributed by atoms with E-state index in [0.29, 0.717) is 12.2 Å². The summed E-state index contributed by atoms with van der Waals surface area (Å²) in [5, 5.41) is 4.02. The molecule has 3 aromatic rings. The number of nitrogens with zero attached hydrogens (tertiary/aromatic N) is 1. The van der Waals surface area contributed by atoms with Gasteiger partial charge in [0, 0.05) is 16.2 Å². The molecule has 0 aliphatic heterocycles. The van der Waals surface area contributed by atoms with E-state index in [1.807, 2.05) is 66.7 Å². The van der Waals surface area contributed by atoms with E-state index in [9.17, 15) is 4.79 Å². The zero-order chi connectivity index (χ0) is 20.3. The minimum Gasteiger partial charge on any atom is -0.490 e. The lowest BCUT2D eigenvalue weighted by Gasteiger charge is -2.04. The van der Waals surface area contributed by atoms with Crippen LogP contribution in [0.1, 0.15) is 21.5 Å². The third-order valence-corrected chi connectivity index (χ3v) is 5.08. The van der Waals surface area contributed by atoms with Gasteiger partial charge in [-0.2, -0.15) is 5.10 Å². The summed E-state index contributed by atoms with van der Waals surface area (Å²) in [6.07, 6.45) is 3.29. The third-order valence-electron chi connectivity index (χ3n) is 3.99. The highest BCUT2D eigenvalue weighted by molar-refractivity contribution is 7.98. The highest BCUT2D eigenvalue weighted by Gasteiger charge is 2.04. The Kier molecular flexibility index (Phi) is 7.66. The van der Waals surface area contributed by atoms with Crippen LogP contribution in [0.4, 0.5) is 0 Å². The first kappa shape index (κ1) is 20.4. The Morgan fingerprint density at radius 2 is 1.72 bits per heavy atom. The Balaban J connectivity index is 1.48. The molecule has 0 aromatic heterocycles. The van der Waals surface area contributed by atoms with E-state index in [0.717, 1.165) is 22.6 Å². The molecule has 0 aliphatic rings. The molecule has 0 saturated heterocycles. The van der Waals surface area contributed by atoms with Gasteiger partial charge in [-0.1, -0.05) is 43.0 Å². The smallest absolute Gasteiger partial charge is 0.271 e. The van der Waals surface area contributed by atoms with Crippen LogP contribution in [0.2, 0.25) is 0 Å². The van der Waals surface area contributed by atoms with E-state index in [2.05, 4.69) is 29.2 Å². The van der Waals surface area contributed by atoms with E-state index in [1.54, 1.807) is 24.1 Å². The number of hydrogen-bond acceptors (Lipinski definition) is 4. The van der Waals surface area contributed by atoms with Gasteiger partial charge < -0.3 is 4.74 Å². The lowest BCUT2D eigenvalue weighted by Crippen LogP contribution is -2.17. The van der Waals surface area contributed by atoms with Crippen LogP contribution in [0, 0.1) is 0 Å². The first-order chi connectivity index (χ1) is 14.2. The van der Waals surface area contributed by atoms with Crippen LogP contribution < -0.4 is 10.2 Å². The molecule has 146 valence electrons. The molecule has 0 bridgehead atoms. The van der Waals surface area contributed by atoms with Crippen LogP contribution >= 0.6 is 11.8 Å². The molecule has 1 amide bonds. The van der Waals surface area contributed by atoms with Crippen LogP contribution in [-0.2, 0) is 5.75 Å². The predicted octanol–water partition coefficient (Wildman–Crippen LogP) is 5.31. The van der Waals surface area contributed by atoms with Gasteiger partial charge in [0.15, 0.2) is 0 Å². The molecule has 4 nitrogen and oxygen atoms in total. The number of amides is 1. The van der Waals surface area contributed by atoms with Crippen LogP contribution in [0.3, 0.4) is 0 Å². The average molecular weight is 403 g/mol. The molecular weight excluding hydrogens is 380 g/mol. The molecule has 5 heteroatoms. The zero-order valence-electron chi connectivity index (χ0n) is 16.0. The maximum absolute atomic E-state index is 12.2. The van der Waals surface area contributed by atoms with Crippen molar-refractivity contribution in [2.75, 3.05) is 6.61 Å². The predicted molar refractivity (Wildman–Crippen MR) is 120 cm³/mol. The van der Waals surface area contributed by atoms with Gasteiger partial charge in [-0.15, -0.1) is 11.8 Å². The molecule has 0 unspecified atom stereocenters. The second kappa shape index (κ2) is 10.9. The van der Waals surface area contributed by atoms with E-state index < -0.39 is 0 Å². The molecule has 29 heavy (non-hydrogen) atoms. The highest BCUT2D eigenvalue weighted by Crippen LogP contribution is 2.22. The van der Waals surface area contributed by atoms with E-state index >= 15 is 0 Å². The van der Waals surface area contributed by atoms with E-state index in [1.165, 1.54) is 4.90 Å². The number of rotatable bonds is 9. The van der Waals surface area contributed by atoms with Crippen molar-refractivity contribution in [2.24, 2.45) is 5.10 Å². The molecule has 0 saturated carbocycles. The van der Waals surface area contributed by atoms with Crippen molar-refractivity contribution in [1.29, 1.82) is 0 Å². The maximum atomic E-state index is 12.2. The van der Waals surface area contributed by atoms with Gasteiger partial charge >= 0.3 is 0 Å². The topological polar surface area (TPSA) is 50.7 Å². The molecule has 3 rings (SSSR count). The molecular formula is C24H22N2O2S. The van der Waals surface area contributed by atoms with Crippen LogP contribution in [-0.4, -0.2) is 18.7 Å². The Hall–Kier alpha value is -3.31. The van der Waals surface area contributed by atoms with Gasteiger partial charge in [-0.05, 0) is 59.7 Å². The Bertz CT molecular complexity index is 952. The lowest BCUT2D eigenvalue weighted by atomic mass is 10.1. The summed E-state index contributed by atoms with van der Waals surface area (Å²) in [6, 6.07) is 25.2. The van der Waals surface area contributed by atoms with Crippen LogP contribution in [0.15, 0.2) is 102 Å². The fourth-order valence-corrected chi connectivity index (χ4v) is 3.35. The number of hydrogen-bond donors (Lipinski definition) is 1. The fraction of sp³-hybridized carbons (Fsp3) is 0.0833. The molecule has 1 N–H and O–H groups in total. The quantitative estimate of drug-likeness (QED) is 0.228. The zero-order valence-corrected chi connectivity index (χ0v) is 16.8. The molecule has 0 radical (unpaired) electrons. The molecule has 3 aromatic carbocycles. The number of ether oxygens (including phenoxy) is 1. The number of carbonyl (C=O) groups is 1. The van der Waals surface area contributed by atoms with Crippen LogP contribution in [0.25, 0.3) is 0 Å². The van der Waals surface area contributed by atoms with Crippen molar-refractivity contribution in [3.8, 4) is 5.75 Å². The number of thioether (sulfide) groups is 1. The van der Waals surface area contributed by atoms with Crippen molar-refractivity contribution in [1.82, 2.24) is 5.43 Å². The van der Waals surface area contributed by atoms with Crippen molar-refractivity contribution in [3.63, 3.8) is 0 Å². The van der Waals surface area contributed by atoms with Gasteiger partial charge in [0.2, 0.25) is 0 Å². The summed E-state index contributed by atoms with van der Waals surface area (Å²) < 4.78 is 5.43. The van der Waals surface area contributed by atoms with Crippen molar-refractivity contribution >= 4 is 23.9 Å². The van der Waals surface area contributed by atoms with Crippen molar-refractivity contribution < 1.29 is 9.53 Å². The largest absolute Gasteiger partial charge is 0.490 e. The second-order valence-electron chi connectivity index (χ2n) is 6.17. The molecule has 0 aliphatic carbocycles. The highest BCUT2D eigenvalue weighted by atomic mass is 32.2. The summed E-state index contributed by atoms with van der Waals surface area (Å²) in [6.45, 7) is 4.08. The summed E-state index contributed by atoms with van der Waals surface area (Å²) in [4.78, 5) is 13.5. The van der Waals surface area contributed by atoms with E-state index in [-0.39, 0.29) is 5.91 Å². The monoisotopic (exact) mass is 402 g/mol. The average Bonchev–Trinajstić information content (AvgIpc) is 2.78. The van der Waals surface area contributed by atoms with Gasteiger partial charge in [0.25, 0.3) is 5.91 Å². The lowest BCUT2D eigenvalue weighted by molar-refractivity contribution is 0.0955. The minimum atomic E-state index is -0.241. The van der Waals surface area contributed by atoms with Gasteiger partial charge in [-0.3, -0.25) is 4.79 Å². The van der Waals surface area contributed by atoms with Gasteiger partial charge in [-0.25, -0.2) is 5.43 Å². The standard InChI is InChI=1S/C24H22N2O2S/c1-2-16-28-22-14-10-19(11-15-22)17-25-26-24(27)21-12-8-20(9-13-21)18-29-23-6-4-3-5-7-23/h2-15,17H,1,16,18H2,(H,26,27)/b25-17+. The van der Waals surface area contributed by atoms with Crippen molar-refractivity contribution in [3.05, 3.63) is 108 Å². The number of carbonyl (C=O) groups excluding carboxylic acids is 1. The molecule has 0 spiro atoms. The van der Waals surface area contributed by atoms with Gasteiger partial charge in [0.1, 0.15) is 12.4 Å². The molecule has 0 atom stereocenters. The number of hydrazone groups is 1. The Morgan fingerprint density at radius 3 is 2.41 bits per heavy atom. The van der Waals surface area contributed by atoms with Crippen molar-refractivity contribution in [2.45, 2.75) is 10.6 Å². The van der Waals surface area contributed by atoms with Crippen LogP contribution in [0.5, 0.6) is 5.75 Å². The normalized spacial score (nSPS) is 10.6. The fourth-order valence-electron chi connectivity index (χ4n) is 2.47. The molecule has 0 heterocycles. The Morgan fingerprint density at radius 1 is 1.00 bits per heavy atom. The second-order valence-corrected chi connectivity index (χ2v) is 7.22. The van der Waals surface area contributed by atoms with E-state index in [4.69, 9.17) is 4.74 Å². The summed E-state index contributed by atoms with van der Waals surface area (Å²) >= 11 is 1.77. The maximum Gasteiger partial charge on any atom is 0.271 e. The first-order valence-electron chi connectivity index (χ1n) is 9.18. The third kappa shape index (κ3) is 6.66. The first-order valence-corrected chi connectivity index (χ1v) is 10.2. The summed E-state index contributed by atoms with van der Waals surface area (Å²) in [5.74, 6) is 1.38. The number of nitrogens with one attached hydrogen (secondary N) is 1. The SMILES string of the molecule is C=CCOc1ccc(/C=N/NC(=O)c2ccc(CSc3ccccc3)cc2)cc1. The summed E-state index contributed by atoms with van der Waals surface area (Å²) in [7, 11) is 0. The number of benzene rings is 3. The summed E-state index contributed by atoms with van der Waals surface area (Å²) in [5.41, 5.74) is 5.16. The van der Waals surface area contributed by atoms with Gasteiger partial charge in [0.05, 0.1) is 6.21 Å². The molecule has 0 fully saturated rings. The minimum absolute atomic E-state index is 0.241.